The summed E-state index contributed by atoms with van der Waals surface area (Å²) in [7, 11) is 0. The van der Waals surface area contributed by atoms with E-state index in [4.69, 9.17) is 5.26 Å². The predicted octanol–water partition coefficient (Wildman–Crippen LogP) is 1.14. The van der Waals surface area contributed by atoms with Crippen molar-refractivity contribution in [1.29, 1.82) is 5.26 Å². The number of rotatable bonds is 1. The van der Waals surface area contributed by atoms with E-state index in [9.17, 15) is 0 Å². The quantitative estimate of drug-likeness (QED) is 0.740. The van der Waals surface area contributed by atoms with E-state index in [1.807, 2.05) is 30.3 Å². The first-order chi connectivity index (χ1) is 6.81. The predicted molar refractivity (Wildman–Crippen MR) is 56.6 cm³/mol. The van der Waals surface area contributed by atoms with Crippen LogP contribution in [0.1, 0.15) is 5.82 Å². The second-order valence-electron chi connectivity index (χ2n) is 2.50. The van der Waals surface area contributed by atoms with Gasteiger partial charge in [-0.15, -0.1) is 0 Å². The van der Waals surface area contributed by atoms with Crippen LogP contribution in [0.2, 0.25) is 0 Å². The summed E-state index contributed by atoms with van der Waals surface area (Å²) in [6, 6.07) is 9.49. The van der Waals surface area contributed by atoms with Crippen molar-refractivity contribution in [2.75, 3.05) is 0 Å². The molecule has 0 saturated heterocycles. The summed E-state index contributed by atoms with van der Waals surface area (Å²) < 4.78 is 2.52. The summed E-state index contributed by atoms with van der Waals surface area (Å²) in [4.78, 5) is 0. The number of nitriles is 1. The third kappa shape index (κ3) is 1.58. The normalized spacial score (nSPS) is 9.71. The van der Waals surface area contributed by atoms with Gasteiger partial charge in [-0.05, 0) is 57.3 Å². The number of hydrogen-bond donors (Lipinski definition) is 0. The van der Waals surface area contributed by atoms with Gasteiger partial charge in [0.1, 0.15) is 6.07 Å². The zero-order valence-corrected chi connectivity index (χ0v) is 9.08. The van der Waals surface area contributed by atoms with E-state index in [2.05, 4.69) is 38.1 Å². The molecule has 68 valence electrons. The molecule has 2 rings (SSSR count). The molecular weight excluding hydrogens is 293 g/mol. The molecule has 0 saturated carbocycles. The maximum Gasteiger partial charge on any atom is 0.257 e. The van der Waals surface area contributed by atoms with Crippen LogP contribution in [0.4, 0.5) is 0 Å². The Morgan fingerprint density at radius 1 is 1.29 bits per heavy atom. The van der Waals surface area contributed by atoms with Gasteiger partial charge in [0, 0.05) is 3.57 Å². The van der Waals surface area contributed by atoms with Gasteiger partial charge in [0.25, 0.3) is 5.82 Å². The maximum absolute atomic E-state index is 8.71. The molecule has 0 bridgehead atoms. The van der Waals surface area contributed by atoms with Gasteiger partial charge in [-0.1, -0.05) is 5.10 Å². The van der Waals surface area contributed by atoms with Gasteiger partial charge in [0.2, 0.25) is 0 Å². The zero-order valence-electron chi connectivity index (χ0n) is 6.92. The number of tetrazole rings is 1. The van der Waals surface area contributed by atoms with Gasteiger partial charge in [-0.25, -0.2) is 0 Å². The Morgan fingerprint density at radius 2 is 2.00 bits per heavy atom. The lowest BCUT2D eigenvalue weighted by Gasteiger charge is -1.99. The summed E-state index contributed by atoms with van der Waals surface area (Å²) in [5.41, 5.74) is 0.784. The van der Waals surface area contributed by atoms with Gasteiger partial charge in [-0.2, -0.15) is 9.94 Å². The molecule has 1 heterocycles. The highest BCUT2D eigenvalue weighted by molar-refractivity contribution is 14.1. The Kier molecular flexibility index (Phi) is 2.41. The molecule has 14 heavy (non-hydrogen) atoms. The number of benzene rings is 1. The Hall–Kier alpha value is -1.49. The van der Waals surface area contributed by atoms with E-state index in [0.717, 1.165) is 9.26 Å². The van der Waals surface area contributed by atoms with Crippen LogP contribution in [-0.2, 0) is 0 Å². The lowest BCUT2D eigenvalue weighted by Crippen LogP contribution is -1.99. The molecule has 0 unspecified atom stereocenters. The van der Waals surface area contributed by atoms with Crippen molar-refractivity contribution in [3.63, 3.8) is 0 Å². The van der Waals surface area contributed by atoms with Gasteiger partial charge in [-0.3, -0.25) is 0 Å². The Balaban J connectivity index is 2.50. The van der Waals surface area contributed by atoms with Gasteiger partial charge in [0.15, 0.2) is 0 Å². The molecule has 5 nitrogen and oxygen atoms in total. The molecule has 2 aromatic rings. The Bertz CT molecular complexity index is 481. The van der Waals surface area contributed by atoms with E-state index in [1.165, 1.54) is 4.68 Å². The van der Waals surface area contributed by atoms with Crippen LogP contribution in [-0.4, -0.2) is 20.2 Å². The lowest BCUT2D eigenvalue weighted by atomic mass is 10.3. The fourth-order valence-corrected chi connectivity index (χ4v) is 1.37. The number of halogens is 1. The van der Waals surface area contributed by atoms with Crippen molar-refractivity contribution in [3.05, 3.63) is 33.7 Å². The SMILES string of the molecule is N#Cc1nnnn1-c1ccc(I)cc1. The summed E-state index contributed by atoms with van der Waals surface area (Å²) in [5, 5.41) is 19.4. The first kappa shape index (κ1) is 9.08. The van der Waals surface area contributed by atoms with Crippen molar-refractivity contribution in [3.8, 4) is 11.8 Å². The largest absolute Gasteiger partial charge is 0.257 e. The highest BCUT2D eigenvalue weighted by Crippen LogP contribution is 2.10. The van der Waals surface area contributed by atoms with Crippen LogP contribution in [0, 0.1) is 14.9 Å². The monoisotopic (exact) mass is 297 g/mol. The lowest BCUT2D eigenvalue weighted by molar-refractivity contribution is 0.785. The minimum atomic E-state index is 0.186. The van der Waals surface area contributed by atoms with Gasteiger partial charge in [0.05, 0.1) is 5.69 Å². The first-order valence-electron chi connectivity index (χ1n) is 3.75. The topological polar surface area (TPSA) is 67.4 Å². The molecule has 1 aromatic heterocycles. The first-order valence-corrected chi connectivity index (χ1v) is 4.83. The van der Waals surface area contributed by atoms with Crippen molar-refractivity contribution >= 4 is 22.6 Å². The highest BCUT2D eigenvalue weighted by Gasteiger charge is 2.05. The van der Waals surface area contributed by atoms with Crippen LogP contribution < -0.4 is 0 Å². The van der Waals surface area contributed by atoms with Gasteiger partial charge < -0.3 is 0 Å². The van der Waals surface area contributed by atoms with Crippen LogP contribution in [0.5, 0.6) is 0 Å². The molecule has 0 aliphatic heterocycles. The van der Waals surface area contributed by atoms with Crippen molar-refractivity contribution in [2.24, 2.45) is 0 Å². The van der Waals surface area contributed by atoms with Crippen LogP contribution in [0.3, 0.4) is 0 Å². The number of aromatic nitrogens is 4. The molecule has 1 aromatic carbocycles. The van der Waals surface area contributed by atoms with Crippen LogP contribution >= 0.6 is 22.6 Å². The molecule has 0 spiro atoms. The smallest absolute Gasteiger partial charge is 0.189 e. The maximum atomic E-state index is 8.71. The number of nitrogens with zero attached hydrogens (tertiary/aromatic N) is 5. The standard InChI is InChI=1S/C8H4IN5/c9-6-1-3-7(4-2-6)14-8(5-10)11-12-13-14/h1-4H. The van der Waals surface area contributed by atoms with Gasteiger partial charge >= 0.3 is 0 Å². The second kappa shape index (κ2) is 3.71. The van der Waals surface area contributed by atoms with E-state index >= 15 is 0 Å². The van der Waals surface area contributed by atoms with Crippen molar-refractivity contribution < 1.29 is 0 Å². The highest BCUT2D eigenvalue weighted by atomic mass is 127. The van der Waals surface area contributed by atoms with Crippen molar-refractivity contribution in [2.45, 2.75) is 0 Å². The minimum absolute atomic E-state index is 0.186. The average molecular weight is 297 g/mol. The number of hydrogen-bond acceptors (Lipinski definition) is 4. The molecule has 0 atom stereocenters. The summed E-state index contributed by atoms with van der Waals surface area (Å²) in [6.07, 6.45) is 0. The van der Waals surface area contributed by atoms with E-state index in [1.54, 1.807) is 0 Å². The fourth-order valence-electron chi connectivity index (χ4n) is 1.01. The van der Waals surface area contributed by atoms with E-state index in [0.29, 0.717) is 0 Å². The molecular formula is C8H4IN5. The molecule has 0 radical (unpaired) electrons. The summed E-state index contributed by atoms with van der Waals surface area (Å²) >= 11 is 2.21. The van der Waals surface area contributed by atoms with Crippen LogP contribution in [0.25, 0.3) is 5.69 Å². The van der Waals surface area contributed by atoms with Crippen LogP contribution in [0.15, 0.2) is 24.3 Å². The molecule has 6 heteroatoms. The Labute approximate surface area is 93.5 Å². The molecule has 0 N–H and O–H groups in total. The average Bonchev–Trinajstić information content (AvgIpc) is 2.67. The zero-order chi connectivity index (χ0) is 9.97. The molecule has 0 aliphatic rings. The Morgan fingerprint density at radius 3 is 2.64 bits per heavy atom. The summed E-state index contributed by atoms with van der Waals surface area (Å²) in [6.45, 7) is 0. The fraction of sp³-hybridized carbons (Fsp3) is 0. The third-order valence-electron chi connectivity index (χ3n) is 1.64. The summed E-state index contributed by atoms with van der Waals surface area (Å²) in [5.74, 6) is 0.186. The van der Waals surface area contributed by atoms with E-state index in [-0.39, 0.29) is 5.82 Å². The molecule has 0 aliphatic carbocycles. The third-order valence-corrected chi connectivity index (χ3v) is 2.36. The van der Waals surface area contributed by atoms with E-state index < -0.39 is 0 Å². The molecule has 0 amide bonds. The minimum Gasteiger partial charge on any atom is -0.189 e. The molecule has 0 fully saturated rings. The second-order valence-corrected chi connectivity index (χ2v) is 3.75. The van der Waals surface area contributed by atoms with Crippen molar-refractivity contribution in [1.82, 2.24) is 20.2 Å².